The number of rotatable bonds is 7. The van der Waals surface area contributed by atoms with Gasteiger partial charge in [-0.2, -0.15) is 0 Å². The Kier molecular flexibility index (Phi) is 5.66. The van der Waals surface area contributed by atoms with Crippen LogP contribution in [0.3, 0.4) is 0 Å². The molecule has 1 rings (SSSR count). The third-order valence-electron chi connectivity index (χ3n) is 1.88. The maximum Gasteiger partial charge on any atom is 0.326 e. The van der Waals surface area contributed by atoms with E-state index >= 15 is 0 Å². The zero-order valence-electron chi connectivity index (χ0n) is 9.29. The van der Waals surface area contributed by atoms with Crippen LogP contribution in [-0.4, -0.2) is 34.7 Å². The molecule has 1 heterocycles. The maximum absolute atomic E-state index is 11.5. The van der Waals surface area contributed by atoms with Gasteiger partial charge in [-0.25, -0.2) is 4.79 Å². The largest absolute Gasteiger partial charge is 0.480 e. The lowest BCUT2D eigenvalue weighted by Crippen LogP contribution is -2.44. The molecule has 0 bridgehead atoms. The number of carboxylic acids is 1. The van der Waals surface area contributed by atoms with Crippen molar-refractivity contribution in [2.45, 2.75) is 16.7 Å². The van der Waals surface area contributed by atoms with Crippen molar-refractivity contribution in [1.29, 1.82) is 0 Å². The van der Waals surface area contributed by atoms with Gasteiger partial charge in [-0.1, -0.05) is 6.07 Å². The monoisotopic (exact) mass is 288 g/mol. The summed E-state index contributed by atoms with van der Waals surface area (Å²) in [7, 11) is 0. The van der Waals surface area contributed by atoms with E-state index in [1.165, 1.54) is 23.1 Å². The van der Waals surface area contributed by atoms with E-state index in [9.17, 15) is 14.4 Å². The molecule has 0 fully saturated rings. The highest BCUT2D eigenvalue weighted by Gasteiger charge is 2.21. The zero-order valence-corrected chi connectivity index (χ0v) is 10.9. The third-order valence-corrected chi connectivity index (χ3v) is 4.01. The number of carbonyl (C=O) groups is 3. The number of hydrogen-bond donors (Lipinski definition) is 3. The van der Waals surface area contributed by atoms with Gasteiger partial charge in [0, 0.05) is 0 Å². The van der Waals surface area contributed by atoms with Gasteiger partial charge < -0.3 is 16.2 Å². The molecule has 98 valence electrons. The van der Waals surface area contributed by atoms with E-state index in [1.54, 1.807) is 0 Å². The molecule has 1 atom stereocenters. The Morgan fingerprint density at radius 3 is 2.72 bits per heavy atom. The molecule has 0 aliphatic carbocycles. The van der Waals surface area contributed by atoms with Crippen LogP contribution in [-0.2, 0) is 14.4 Å². The SMILES string of the molecule is NC(=O)C[C@@H](NC(=O)CSc1cccs1)C(=O)O. The highest BCUT2D eigenvalue weighted by atomic mass is 32.2. The number of nitrogens with one attached hydrogen (secondary N) is 1. The molecule has 0 aromatic carbocycles. The number of aliphatic carboxylic acids is 1. The number of nitrogens with two attached hydrogens (primary N) is 1. The first-order valence-corrected chi connectivity index (χ1v) is 6.82. The molecule has 6 nitrogen and oxygen atoms in total. The standard InChI is InChI=1S/C10H12N2O4S2/c11-7(13)4-6(10(15)16)12-8(14)5-18-9-2-1-3-17-9/h1-3,6H,4-5H2,(H2,11,13)(H,12,14)(H,15,16)/t6-/m1/s1. The Morgan fingerprint density at radius 2 is 2.22 bits per heavy atom. The van der Waals surface area contributed by atoms with E-state index in [1.807, 2.05) is 17.5 Å². The molecule has 4 N–H and O–H groups in total. The predicted molar refractivity (Wildman–Crippen MR) is 68.4 cm³/mol. The quantitative estimate of drug-likeness (QED) is 0.624. The number of carbonyl (C=O) groups excluding carboxylic acids is 2. The Labute approximate surface area is 112 Å². The number of carboxylic acid groups (broad SMARTS) is 1. The van der Waals surface area contributed by atoms with Crippen LogP contribution in [0.25, 0.3) is 0 Å². The minimum atomic E-state index is -1.27. The summed E-state index contributed by atoms with van der Waals surface area (Å²) >= 11 is 2.80. The van der Waals surface area contributed by atoms with Gasteiger partial charge in [-0.15, -0.1) is 23.1 Å². The van der Waals surface area contributed by atoms with E-state index in [0.29, 0.717) is 0 Å². The van der Waals surface area contributed by atoms with Crippen LogP contribution in [0.2, 0.25) is 0 Å². The molecule has 0 aliphatic rings. The van der Waals surface area contributed by atoms with Crippen LogP contribution in [0, 0.1) is 0 Å². The van der Waals surface area contributed by atoms with E-state index in [2.05, 4.69) is 5.32 Å². The number of hydrogen-bond acceptors (Lipinski definition) is 5. The predicted octanol–water partition coefficient (Wildman–Crippen LogP) is 0.285. The van der Waals surface area contributed by atoms with Gasteiger partial charge >= 0.3 is 5.97 Å². The van der Waals surface area contributed by atoms with Gasteiger partial charge in [0.15, 0.2) is 0 Å². The van der Waals surface area contributed by atoms with Crippen molar-refractivity contribution in [1.82, 2.24) is 5.32 Å². The summed E-state index contributed by atoms with van der Waals surface area (Å²) in [6.07, 6.45) is -0.412. The fourth-order valence-corrected chi connectivity index (χ4v) is 2.72. The topological polar surface area (TPSA) is 109 Å². The van der Waals surface area contributed by atoms with Gasteiger partial charge in [-0.05, 0) is 11.4 Å². The molecular weight excluding hydrogens is 276 g/mol. The molecule has 2 amide bonds. The van der Waals surface area contributed by atoms with E-state index in [0.717, 1.165) is 4.21 Å². The summed E-state index contributed by atoms with van der Waals surface area (Å²) < 4.78 is 0.965. The number of primary amides is 1. The summed E-state index contributed by atoms with van der Waals surface area (Å²) in [5, 5.41) is 12.9. The lowest BCUT2D eigenvalue weighted by atomic mass is 10.2. The molecular formula is C10H12N2O4S2. The highest BCUT2D eigenvalue weighted by Crippen LogP contribution is 2.22. The molecule has 0 spiro atoms. The van der Waals surface area contributed by atoms with Crippen LogP contribution in [0.1, 0.15) is 6.42 Å². The second-order valence-corrected chi connectivity index (χ2v) is 5.57. The highest BCUT2D eigenvalue weighted by molar-refractivity contribution is 8.01. The molecule has 0 radical (unpaired) electrons. The van der Waals surface area contributed by atoms with Crippen LogP contribution in [0.15, 0.2) is 21.7 Å². The van der Waals surface area contributed by atoms with E-state index in [-0.39, 0.29) is 5.75 Å². The lowest BCUT2D eigenvalue weighted by Gasteiger charge is -2.12. The first-order chi connectivity index (χ1) is 8.49. The first kappa shape index (κ1) is 14.5. The summed E-state index contributed by atoms with van der Waals surface area (Å²) in [6, 6.07) is 2.46. The van der Waals surface area contributed by atoms with Crippen LogP contribution in [0.5, 0.6) is 0 Å². The van der Waals surface area contributed by atoms with Gasteiger partial charge in [0.1, 0.15) is 6.04 Å². The Bertz CT molecular complexity index is 433. The number of thioether (sulfide) groups is 1. The van der Waals surface area contributed by atoms with Crippen LogP contribution >= 0.6 is 23.1 Å². The second kappa shape index (κ2) is 7.02. The molecule has 18 heavy (non-hydrogen) atoms. The Morgan fingerprint density at radius 1 is 1.50 bits per heavy atom. The minimum Gasteiger partial charge on any atom is -0.480 e. The molecule has 1 aromatic rings. The average Bonchev–Trinajstić information content (AvgIpc) is 2.77. The molecule has 0 saturated heterocycles. The first-order valence-electron chi connectivity index (χ1n) is 4.96. The van der Waals surface area contributed by atoms with Crippen molar-refractivity contribution in [3.8, 4) is 0 Å². The lowest BCUT2D eigenvalue weighted by molar-refractivity contribution is -0.143. The van der Waals surface area contributed by atoms with Crippen molar-refractivity contribution in [3.63, 3.8) is 0 Å². The van der Waals surface area contributed by atoms with Crippen molar-refractivity contribution in [3.05, 3.63) is 17.5 Å². The van der Waals surface area contributed by atoms with Crippen LogP contribution < -0.4 is 11.1 Å². The maximum atomic E-state index is 11.5. The van der Waals surface area contributed by atoms with Crippen molar-refractivity contribution < 1.29 is 19.5 Å². The van der Waals surface area contributed by atoms with Gasteiger partial charge in [0.25, 0.3) is 0 Å². The summed E-state index contributed by atoms with van der Waals surface area (Å²) in [5.41, 5.74) is 4.90. The summed E-state index contributed by atoms with van der Waals surface area (Å²) in [4.78, 5) is 32.9. The third kappa shape index (κ3) is 5.19. The number of amides is 2. The van der Waals surface area contributed by atoms with Gasteiger partial charge in [-0.3, -0.25) is 9.59 Å². The minimum absolute atomic E-state index is 0.100. The van der Waals surface area contributed by atoms with E-state index < -0.39 is 30.2 Å². The second-order valence-electron chi connectivity index (χ2n) is 3.35. The van der Waals surface area contributed by atoms with E-state index in [4.69, 9.17) is 10.8 Å². The van der Waals surface area contributed by atoms with Crippen molar-refractivity contribution >= 4 is 40.9 Å². The normalized spacial score (nSPS) is 11.8. The Balaban J connectivity index is 2.41. The fraction of sp³-hybridized carbons (Fsp3) is 0.300. The molecule has 0 aliphatic heterocycles. The summed E-state index contributed by atoms with van der Waals surface area (Å²) in [6.45, 7) is 0. The van der Waals surface area contributed by atoms with Crippen molar-refractivity contribution in [2.24, 2.45) is 5.73 Å². The fourth-order valence-electron chi connectivity index (χ4n) is 1.12. The Hall–Kier alpha value is -1.54. The molecule has 1 aromatic heterocycles. The summed E-state index contributed by atoms with van der Waals surface area (Å²) in [5.74, 6) is -2.39. The van der Waals surface area contributed by atoms with Gasteiger partial charge in [0.05, 0.1) is 16.4 Å². The zero-order chi connectivity index (χ0) is 13.5. The molecule has 0 unspecified atom stereocenters. The van der Waals surface area contributed by atoms with Crippen LogP contribution in [0.4, 0.5) is 0 Å². The average molecular weight is 288 g/mol. The van der Waals surface area contributed by atoms with Gasteiger partial charge in [0.2, 0.25) is 11.8 Å². The van der Waals surface area contributed by atoms with Crippen molar-refractivity contribution in [2.75, 3.05) is 5.75 Å². The molecule has 0 saturated carbocycles. The smallest absolute Gasteiger partial charge is 0.326 e. The molecule has 8 heteroatoms. The number of thiophene rings is 1.